The number of nitrogens with zero attached hydrogens (tertiary/aromatic N) is 5. The highest BCUT2D eigenvalue weighted by Gasteiger charge is 2.30. The van der Waals surface area contributed by atoms with Gasteiger partial charge in [0.15, 0.2) is 17.3 Å². The first-order valence-corrected chi connectivity index (χ1v) is 11.7. The topological polar surface area (TPSA) is 70.8 Å². The van der Waals surface area contributed by atoms with Gasteiger partial charge in [0.1, 0.15) is 10.8 Å². The molecule has 0 unspecified atom stereocenters. The van der Waals surface area contributed by atoms with Gasteiger partial charge in [-0.2, -0.15) is 9.40 Å². The van der Waals surface area contributed by atoms with E-state index in [9.17, 15) is 17.2 Å². The standard InChI is InChI=1S/C21H18ClF2N5O2S/c1-13-19(22)21-25-20(15-4-2-3-5-18(15)29(21)26-13)27-8-10-28(11-9-27)32(30,31)14-6-7-16(23)17(24)12-14/h2-7,12H,8-11H2,1H3. The van der Waals surface area contributed by atoms with E-state index < -0.39 is 21.7 Å². The van der Waals surface area contributed by atoms with Crippen LogP contribution in [-0.2, 0) is 10.0 Å². The number of sulfonamides is 1. The summed E-state index contributed by atoms with van der Waals surface area (Å²) in [4.78, 5) is 6.48. The maximum atomic E-state index is 13.6. The summed E-state index contributed by atoms with van der Waals surface area (Å²) in [6.45, 7) is 2.91. The van der Waals surface area contributed by atoms with Crippen molar-refractivity contribution in [3.63, 3.8) is 0 Å². The van der Waals surface area contributed by atoms with Crippen LogP contribution in [0.2, 0.25) is 5.02 Å². The van der Waals surface area contributed by atoms with Gasteiger partial charge in [0.2, 0.25) is 10.0 Å². The molecule has 1 fully saturated rings. The Labute approximate surface area is 187 Å². The van der Waals surface area contributed by atoms with E-state index in [1.54, 1.807) is 4.52 Å². The summed E-state index contributed by atoms with van der Waals surface area (Å²) < 4.78 is 55.6. The van der Waals surface area contributed by atoms with Crippen LogP contribution in [0.3, 0.4) is 0 Å². The summed E-state index contributed by atoms with van der Waals surface area (Å²) in [5, 5.41) is 5.82. The van der Waals surface area contributed by atoms with Gasteiger partial charge < -0.3 is 4.90 Å². The number of benzene rings is 2. The Morgan fingerprint density at radius 1 is 1.00 bits per heavy atom. The van der Waals surface area contributed by atoms with E-state index in [4.69, 9.17) is 16.6 Å². The zero-order valence-electron chi connectivity index (χ0n) is 17.0. The monoisotopic (exact) mass is 477 g/mol. The fourth-order valence-corrected chi connectivity index (χ4v) is 5.53. The fraction of sp³-hybridized carbons (Fsp3) is 0.238. The Kier molecular flexibility index (Phi) is 5.03. The zero-order chi connectivity index (χ0) is 22.6. The molecule has 2 aromatic carbocycles. The minimum atomic E-state index is -3.94. The van der Waals surface area contributed by atoms with Gasteiger partial charge in [0.25, 0.3) is 0 Å². The molecule has 0 atom stereocenters. The van der Waals surface area contributed by atoms with Gasteiger partial charge in [-0.3, -0.25) is 0 Å². The van der Waals surface area contributed by atoms with Crippen LogP contribution >= 0.6 is 11.6 Å². The van der Waals surface area contributed by atoms with E-state index in [0.29, 0.717) is 41.3 Å². The second-order valence-electron chi connectivity index (χ2n) is 7.55. The highest BCUT2D eigenvalue weighted by Crippen LogP contribution is 2.31. The summed E-state index contributed by atoms with van der Waals surface area (Å²) in [5.41, 5.74) is 2.05. The molecule has 11 heteroatoms. The lowest BCUT2D eigenvalue weighted by Crippen LogP contribution is -2.49. The van der Waals surface area contributed by atoms with Crippen molar-refractivity contribution < 1.29 is 17.2 Å². The van der Waals surface area contributed by atoms with Gasteiger partial charge >= 0.3 is 0 Å². The molecule has 0 saturated carbocycles. The molecular weight excluding hydrogens is 460 g/mol. The van der Waals surface area contributed by atoms with Crippen LogP contribution in [0.25, 0.3) is 16.6 Å². The molecule has 5 rings (SSSR count). The Bertz CT molecular complexity index is 1470. The zero-order valence-corrected chi connectivity index (χ0v) is 18.5. The quantitative estimate of drug-likeness (QED) is 0.450. The molecule has 1 aliphatic rings. The molecular formula is C21H18ClF2N5O2S. The first-order valence-electron chi connectivity index (χ1n) is 9.91. The lowest BCUT2D eigenvalue weighted by Gasteiger charge is -2.35. The van der Waals surface area contributed by atoms with Crippen LogP contribution in [-0.4, -0.2) is 53.5 Å². The van der Waals surface area contributed by atoms with E-state index >= 15 is 0 Å². The van der Waals surface area contributed by atoms with Crippen LogP contribution in [0, 0.1) is 18.6 Å². The average Bonchev–Trinajstić information content (AvgIpc) is 3.09. The van der Waals surface area contributed by atoms with Crippen molar-refractivity contribution in [2.75, 3.05) is 31.1 Å². The molecule has 1 aliphatic heterocycles. The molecule has 3 heterocycles. The Morgan fingerprint density at radius 2 is 1.72 bits per heavy atom. The smallest absolute Gasteiger partial charge is 0.243 e. The number of aryl methyl sites for hydroxylation is 1. The Balaban J connectivity index is 1.47. The van der Waals surface area contributed by atoms with Crippen molar-refractivity contribution in [3.05, 3.63) is 64.8 Å². The van der Waals surface area contributed by atoms with Crippen LogP contribution in [0.5, 0.6) is 0 Å². The highest BCUT2D eigenvalue weighted by molar-refractivity contribution is 7.89. The van der Waals surface area contributed by atoms with Gasteiger partial charge in [-0.15, -0.1) is 0 Å². The first kappa shape index (κ1) is 21.0. The molecule has 0 bridgehead atoms. The van der Waals surface area contributed by atoms with Crippen LogP contribution in [0.4, 0.5) is 14.6 Å². The molecule has 32 heavy (non-hydrogen) atoms. The second kappa shape index (κ2) is 7.65. The van der Waals surface area contributed by atoms with Crippen LogP contribution in [0.15, 0.2) is 47.4 Å². The molecule has 166 valence electrons. The summed E-state index contributed by atoms with van der Waals surface area (Å²) in [6.07, 6.45) is 0. The Hall–Kier alpha value is -2.82. The predicted octanol–water partition coefficient (Wildman–Crippen LogP) is 3.63. The Morgan fingerprint density at radius 3 is 2.44 bits per heavy atom. The minimum absolute atomic E-state index is 0.175. The number of hydrogen-bond acceptors (Lipinski definition) is 5. The van der Waals surface area contributed by atoms with Crippen molar-refractivity contribution in [1.82, 2.24) is 18.9 Å². The van der Waals surface area contributed by atoms with Crippen molar-refractivity contribution in [1.29, 1.82) is 0 Å². The minimum Gasteiger partial charge on any atom is -0.353 e. The van der Waals surface area contributed by atoms with E-state index in [2.05, 4.69) is 5.10 Å². The van der Waals surface area contributed by atoms with Gasteiger partial charge in [-0.1, -0.05) is 23.7 Å². The summed E-state index contributed by atoms with van der Waals surface area (Å²) in [6, 6.07) is 10.3. The molecule has 0 N–H and O–H groups in total. The van der Waals surface area contributed by atoms with Crippen molar-refractivity contribution in [3.8, 4) is 0 Å². The average molecular weight is 478 g/mol. The number of hydrogen-bond donors (Lipinski definition) is 0. The van der Waals surface area contributed by atoms with E-state index in [1.807, 2.05) is 36.1 Å². The van der Waals surface area contributed by atoms with Crippen LogP contribution < -0.4 is 4.90 Å². The van der Waals surface area contributed by atoms with Crippen molar-refractivity contribution >= 4 is 44.0 Å². The number of anilines is 1. The van der Waals surface area contributed by atoms with Gasteiger partial charge in [0, 0.05) is 31.6 Å². The third-order valence-electron chi connectivity index (χ3n) is 5.62. The predicted molar refractivity (Wildman–Crippen MR) is 118 cm³/mol. The number of rotatable bonds is 3. The van der Waals surface area contributed by atoms with Gasteiger partial charge in [-0.05, 0) is 37.3 Å². The van der Waals surface area contributed by atoms with E-state index in [-0.39, 0.29) is 18.0 Å². The maximum absolute atomic E-state index is 13.6. The van der Waals surface area contributed by atoms with Gasteiger partial charge in [-0.25, -0.2) is 26.7 Å². The number of fused-ring (bicyclic) bond motifs is 3. The van der Waals surface area contributed by atoms with Crippen molar-refractivity contribution in [2.45, 2.75) is 11.8 Å². The highest BCUT2D eigenvalue weighted by atomic mass is 35.5. The lowest BCUT2D eigenvalue weighted by atomic mass is 10.2. The SMILES string of the molecule is Cc1nn2c(nc(N3CCN(S(=O)(=O)c4ccc(F)c(F)c4)CC3)c3ccccc32)c1Cl. The molecule has 2 aromatic heterocycles. The molecule has 1 saturated heterocycles. The normalized spacial score (nSPS) is 15.7. The molecule has 0 aliphatic carbocycles. The van der Waals surface area contributed by atoms with E-state index in [0.717, 1.165) is 23.0 Å². The number of piperazine rings is 1. The van der Waals surface area contributed by atoms with Crippen LogP contribution in [0.1, 0.15) is 5.69 Å². The molecule has 4 aromatic rings. The van der Waals surface area contributed by atoms with Gasteiger partial charge in [0.05, 0.1) is 16.1 Å². The number of aromatic nitrogens is 3. The summed E-state index contributed by atoms with van der Waals surface area (Å²) in [7, 11) is -3.94. The lowest BCUT2D eigenvalue weighted by molar-refractivity contribution is 0.383. The maximum Gasteiger partial charge on any atom is 0.243 e. The number of para-hydroxylation sites is 1. The van der Waals surface area contributed by atoms with E-state index in [1.165, 1.54) is 4.31 Å². The summed E-state index contributed by atoms with van der Waals surface area (Å²) in [5.74, 6) is -1.59. The largest absolute Gasteiger partial charge is 0.353 e. The van der Waals surface area contributed by atoms with Crippen molar-refractivity contribution in [2.24, 2.45) is 0 Å². The fourth-order valence-electron chi connectivity index (χ4n) is 3.94. The summed E-state index contributed by atoms with van der Waals surface area (Å²) >= 11 is 6.42. The molecule has 7 nitrogen and oxygen atoms in total. The molecule has 0 spiro atoms. The third-order valence-corrected chi connectivity index (χ3v) is 7.95. The first-order chi connectivity index (χ1) is 15.3. The third kappa shape index (κ3) is 3.30. The molecule has 0 amide bonds. The second-order valence-corrected chi connectivity index (χ2v) is 9.87. The number of halogens is 3. The molecule has 0 radical (unpaired) electrons.